The van der Waals surface area contributed by atoms with Crippen LogP contribution in [0.15, 0.2) is 40.4 Å². The number of carbonyl (C=O) groups excluding carboxylic acids is 1. The van der Waals surface area contributed by atoms with E-state index in [1.54, 1.807) is 0 Å². The quantitative estimate of drug-likeness (QED) is 0.723. The first-order valence-corrected chi connectivity index (χ1v) is 6.16. The Balaban J connectivity index is 2.13. The Morgan fingerprint density at radius 1 is 1.31 bits per heavy atom. The van der Waals surface area contributed by atoms with E-state index in [0.29, 0.717) is 0 Å². The fourth-order valence-electron chi connectivity index (χ4n) is 1.86. The minimum absolute atomic E-state index is 0.125. The topological polar surface area (TPSA) is 20.3 Å². The second-order valence-electron chi connectivity index (χ2n) is 4.07. The molecule has 0 radical (unpaired) electrons. The van der Waals surface area contributed by atoms with E-state index in [2.05, 4.69) is 28.9 Å². The van der Waals surface area contributed by atoms with E-state index in [0.717, 1.165) is 29.5 Å². The van der Waals surface area contributed by atoms with Gasteiger partial charge in [-0.25, -0.2) is 0 Å². The van der Waals surface area contributed by atoms with Crippen molar-refractivity contribution in [2.75, 3.05) is 13.1 Å². The first-order chi connectivity index (χ1) is 7.66. The highest BCUT2D eigenvalue weighted by molar-refractivity contribution is 9.10. The molecule has 1 heterocycles. The smallest absolute Gasteiger partial charge is 0.254 e. The second kappa shape index (κ2) is 4.83. The molecule has 0 atom stereocenters. The van der Waals surface area contributed by atoms with Gasteiger partial charge in [0.2, 0.25) is 0 Å². The number of benzene rings is 1. The molecule has 0 N–H and O–H groups in total. The van der Waals surface area contributed by atoms with E-state index in [9.17, 15) is 4.79 Å². The zero-order chi connectivity index (χ0) is 11.5. The van der Waals surface area contributed by atoms with Crippen LogP contribution in [0.3, 0.4) is 0 Å². The van der Waals surface area contributed by atoms with Gasteiger partial charge in [0.1, 0.15) is 0 Å². The largest absolute Gasteiger partial charge is 0.334 e. The molecule has 0 fully saturated rings. The number of halogens is 1. The molecule has 0 bridgehead atoms. The molecule has 2 nitrogen and oxygen atoms in total. The second-order valence-corrected chi connectivity index (χ2v) is 4.99. The minimum atomic E-state index is 0.125. The number of hydrogen-bond acceptors (Lipinski definition) is 1. The fourth-order valence-corrected chi connectivity index (χ4v) is 2.12. The molecule has 0 aliphatic carbocycles. The van der Waals surface area contributed by atoms with Gasteiger partial charge in [0.15, 0.2) is 0 Å². The molecule has 1 aliphatic rings. The van der Waals surface area contributed by atoms with Crippen LogP contribution < -0.4 is 0 Å². The first-order valence-electron chi connectivity index (χ1n) is 5.37. The molecule has 2 rings (SSSR count). The summed E-state index contributed by atoms with van der Waals surface area (Å²) in [6, 6.07) is 7.53. The van der Waals surface area contributed by atoms with Crippen LogP contribution >= 0.6 is 15.9 Å². The molecule has 3 heteroatoms. The summed E-state index contributed by atoms with van der Waals surface area (Å²) in [5.41, 5.74) is 2.04. The van der Waals surface area contributed by atoms with E-state index in [4.69, 9.17) is 0 Å². The monoisotopic (exact) mass is 279 g/mol. The predicted octanol–water partition coefficient (Wildman–Crippen LogP) is 3.24. The molecule has 1 aromatic carbocycles. The molecule has 1 aliphatic heterocycles. The van der Waals surface area contributed by atoms with Crippen LogP contribution in [-0.4, -0.2) is 23.9 Å². The average Bonchev–Trinajstić information content (AvgIpc) is 2.29. The van der Waals surface area contributed by atoms with Gasteiger partial charge in [0, 0.05) is 23.1 Å². The van der Waals surface area contributed by atoms with Crippen molar-refractivity contribution in [2.45, 2.75) is 13.3 Å². The lowest BCUT2D eigenvalue weighted by molar-refractivity contribution is 0.0766. The molecule has 84 valence electrons. The summed E-state index contributed by atoms with van der Waals surface area (Å²) in [6.45, 7) is 3.65. The maximum Gasteiger partial charge on any atom is 0.254 e. The molecule has 1 aromatic rings. The summed E-state index contributed by atoms with van der Waals surface area (Å²) in [6.07, 6.45) is 3.17. The molecular formula is C13H14BrNO. The van der Waals surface area contributed by atoms with Crippen molar-refractivity contribution < 1.29 is 4.79 Å². The molecule has 0 saturated carbocycles. The van der Waals surface area contributed by atoms with Crippen LogP contribution in [0.25, 0.3) is 0 Å². The third-order valence-electron chi connectivity index (χ3n) is 2.71. The van der Waals surface area contributed by atoms with Gasteiger partial charge < -0.3 is 4.90 Å². The van der Waals surface area contributed by atoms with E-state index >= 15 is 0 Å². The Labute approximate surface area is 104 Å². The van der Waals surface area contributed by atoms with Gasteiger partial charge in [-0.3, -0.25) is 4.79 Å². The number of carbonyl (C=O) groups is 1. The normalized spacial score (nSPS) is 15.9. The summed E-state index contributed by atoms with van der Waals surface area (Å²) in [5.74, 6) is 0.125. The summed E-state index contributed by atoms with van der Waals surface area (Å²) in [4.78, 5) is 14.0. The van der Waals surface area contributed by atoms with Crippen molar-refractivity contribution >= 4 is 21.8 Å². The molecule has 0 aromatic heterocycles. The summed E-state index contributed by atoms with van der Waals surface area (Å²) in [5, 5.41) is 0. The number of rotatable bonds is 1. The highest BCUT2D eigenvalue weighted by Crippen LogP contribution is 2.15. The Hall–Kier alpha value is -1.09. The maximum absolute atomic E-state index is 12.1. The van der Waals surface area contributed by atoms with E-state index in [-0.39, 0.29) is 5.91 Å². The van der Waals surface area contributed by atoms with Crippen molar-refractivity contribution in [3.8, 4) is 0 Å². The Bertz CT molecular complexity index is 422. The lowest BCUT2D eigenvalue weighted by atomic mass is 10.1. The third kappa shape index (κ3) is 2.53. The van der Waals surface area contributed by atoms with Crippen LogP contribution in [0, 0.1) is 0 Å². The Morgan fingerprint density at radius 2 is 2.00 bits per heavy atom. The molecular weight excluding hydrogens is 266 g/mol. The van der Waals surface area contributed by atoms with Gasteiger partial charge in [-0.15, -0.1) is 0 Å². The Morgan fingerprint density at radius 3 is 2.62 bits per heavy atom. The molecule has 0 unspecified atom stereocenters. The molecule has 0 saturated heterocycles. The number of amides is 1. The van der Waals surface area contributed by atoms with Crippen LogP contribution in [0.4, 0.5) is 0 Å². The third-order valence-corrected chi connectivity index (χ3v) is 3.24. The molecule has 0 spiro atoms. The number of hydrogen-bond donors (Lipinski definition) is 0. The van der Waals surface area contributed by atoms with Crippen molar-refractivity contribution in [3.05, 3.63) is 46.0 Å². The van der Waals surface area contributed by atoms with Crippen LogP contribution in [-0.2, 0) is 0 Å². The van der Waals surface area contributed by atoms with Gasteiger partial charge in [-0.05, 0) is 37.6 Å². The van der Waals surface area contributed by atoms with E-state index < -0.39 is 0 Å². The average molecular weight is 280 g/mol. The van der Waals surface area contributed by atoms with Gasteiger partial charge >= 0.3 is 0 Å². The van der Waals surface area contributed by atoms with Gasteiger partial charge in [0.25, 0.3) is 5.91 Å². The molecule has 16 heavy (non-hydrogen) atoms. The van der Waals surface area contributed by atoms with E-state index in [1.807, 2.05) is 29.2 Å². The fraction of sp³-hybridized carbons (Fsp3) is 0.308. The SMILES string of the molecule is CC1=CCCN(C(=O)c2ccc(Br)cc2)C1. The van der Waals surface area contributed by atoms with E-state index in [1.165, 1.54) is 5.57 Å². The van der Waals surface area contributed by atoms with Crippen LogP contribution in [0.1, 0.15) is 23.7 Å². The van der Waals surface area contributed by atoms with Crippen molar-refractivity contribution in [1.82, 2.24) is 4.90 Å². The summed E-state index contributed by atoms with van der Waals surface area (Å²) in [7, 11) is 0. The lowest BCUT2D eigenvalue weighted by Gasteiger charge is -2.26. The summed E-state index contributed by atoms with van der Waals surface area (Å²) < 4.78 is 0.999. The minimum Gasteiger partial charge on any atom is -0.334 e. The van der Waals surface area contributed by atoms with Crippen molar-refractivity contribution in [2.24, 2.45) is 0 Å². The van der Waals surface area contributed by atoms with Crippen LogP contribution in [0.2, 0.25) is 0 Å². The van der Waals surface area contributed by atoms with Crippen molar-refractivity contribution in [1.29, 1.82) is 0 Å². The van der Waals surface area contributed by atoms with Gasteiger partial charge in [0.05, 0.1) is 0 Å². The maximum atomic E-state index is 12.1. The summed E-state index contributed by atoms with van der Waals surface area (Å²) >= 11 is 3.37. The van der Waals surface area contributed by atoms with Gasteiger partial charge in [-0.2, -0.15) is 0 Å². The van der Waals surface area contributed by atoms with Crippen molar-refractivity contribution in [3.63, 3.8) is 0 Å². The standard InChI is InChI=1S/C13H14BrNO/c1-10-3-2-8-15(9-10)13(16)11-4-6-12(14)7-5-11/h3-7H,2,8-9H2,1H3. The highest BCUT2D eigenvalue weighted by atomic mass is 79.9. The lowest BCUT2D eigenvalue weighted by Crippen LogP contribution is -2.35. The molecule has 1 amide bonds. The van der Waals surface area contributed by atoms with Gasteiger partial charge in [-0.1, -0.05) is 27.6 Å². The highest BCUT2D eigenvalue weighted by Gasteiger charge is 2.17. The van der Waals surface area contributed by atoms with Crippen LogP contribution in [0.5, 0.6) is 0 Å². The predicted molar refractivity (Wildman–Crippen MR) is 68.4 cm³/mol. The Kier molecular flexibility index (Phi) is 3.44. The number of nitrogens with zero attached hydrogens (tertiary/aromatic N) is 1. The first kappa shape index (κ1) is 11.4. The zero-order valence-corrected chi connectivity index (χ0v) is 10.8. The zero-order valence-electron chi connectivity index (χ0n) is 9.24.